The van der Waals surface area contributed by atoms with Crippen LogP contribution in [-0.2, 0) is 11.2 Å². The van der Waals surface area contributed by atoms with Crippen molar-refractivity contribution in [2.75, 3.05) is 31.1 Å². The van der Waals surface area contributed by atoms with E-state index in [9.17, 15) is 19.7 Å². The smallest absolute Gasteiger partial charge is 0.270 e. The molecule has 1 aliphatic rings. The monoisotopic (exact) mass is 424 g/mol. The van der Waals surface area contributed by atoms with Gasteiger partial charge in [0.1, 0.15) is 0 Å². The van der Waals surface area contributed by atoms with Crippen LogP contribution in [0.4, 0.5) is 11.4 Å². The van der Waals surface area contributed by atoms with Gasteiger partial charge in [0.05, 0.1) is 22.7 Å². The molecule has 0 spiro atoms. The maximum atomic E-state index is 12.8. The van der Waals surface area contributed by atoms with Crippen LogP contribution in [0.2, 0.25) is 0 Å². The lowest BCUT2D eigenvalue weighted by atomic mass is 9.89. The number of carbonyl (C=O) groups excluding carboxylic acids is 2. The number of hydrogen-bond acceptors (Lipinski definition) is 5. The molecule has 8 heteroatoms. The highest BCUT2D eigenvalue weighted by molar-refractivity contribution is 6.02. The predicted octanol–water partition coefficient (Wildman–Crippen LogP) is 2.92. The van der Waals surface area contributed by atoms with Crippen molar-refractivity contribution in [3.8, 4) is 0 Å². The van der Waals surface area contributed by atoms with E-state index < -0.39 is 10.8 Å². The third-order valence-corrected chi connectivity index (χ3v) is 5.54. The number of likely N-dealkylation sites (N-methyl/N-ethyl adjacent to an activating group) is 1. The zero-order chi connectivity index (χ0) is 22.2. The van der Waals surface area contributed by atoms with Gasteiger partial charge in [-0.3, -0.25) is 19.7 Å². The molecule has 2 N–H and O–H groups in total. The number of carbonyl (C=O) groups is 2. The Kier molecular flexibility index (Phi) is 7.59. The van der Waals surface area contributed by atoms with Crippen LogP contribution >= 0.6 is 0 Å². The molecule has 0 atom stereocenters. The van der Waals surface area contributed by atoms with Crippen molar-refractivity contribution in [3.63, 3.8) is 0 Å². The van der Waals surface area contributed by atoms with Gasteiger partial charge in [0.25, 0.3) is 11.6 Å². The van der Waals surface area contributed by atoms with Gasteiger partial charge in [-0.15, -0.1) is 0 Å². The van der Waals surface area contributed by atoms with E-state index in [0.717, 1.165) is 32.4 Å². The second kappa shape index (κ2) is 10.6. The third kappa shape index (κ3) is 6.04. The van der Waals surface area contributed by atoms with Crippen molar-refractivity contribution in [1.82, 2.24) is 10.6 Å². The van der Waals surface area contributed by atoms with E-state index in [4.69, 9.17) is 0 Å². The van der Waals surface area contributed by atoms with Gasteiger partial charge in [-0.1, -0.05) is 30.3 Å². The first-order valence-electron chi connectivity index (χ1n) is 10.6. The first kappa shape index (κ1) is 22.3. The van der Waals surface area contributed by atoms with Gasteiger partial charge in [-0.05, 0) is 43.7 Å². The fourth-order valence-electron chi connectivity index (χ4n) is 3.94. The highest BCUT2D eigenvalue weighted by Crippen LogP contribution is 2.30. The Balaban J connectivity index is 1.70. The summed E-state index contributed by atoms with van der Waals surface area (Å²) in [6, 6.07) is 14.7. The van der Waals surface area contributed by atoms with Crippen LogP contribution in [-0.4, -0.2) is 42.9 Å². The largest absolute Gasteiger partial charge is 0.371 e. The lowest BCUT2D eigenvalue weighted by Crippen LogP contribution is -2.39. The van der Waals surface area contributed by atoms with Crippen molar-refractivity contribution in [1.29, 1.82) is 0 Å². The number of non-ortho nitro benzene ring substituents is 1. The van der Waals surface area contributed by atoms with Crippen molar-refractivity contribution in [2.45, 2.75) is 26.2 Å². The molecule has 0 bridgehead atoms. The topological polar surface area (TPSA) is 105 Å². The van der Waals surface area contributed by atoms with Crippen LogP contribution < -0.4 is 15.5 Å². The molecule has 3 rings (SSSR count). The van der Waals surface area contributed by atoms with Crippen molar-refractivity contribution in [2.24, 2.45) is 5.92 Å². The average Bonchev–Trinajstić information content (AvgIpc) is 2.78. The number of nitrogens with zero attached hydrogens (tertiary/aromatic N) is 2. The highest BCUT2D eigenvalue weighted by atomic mass is 16.6. The fraction of sp³-hybridized carbons (Fsp3) is 0.391. The molecule has 31 heavy (non-hydrogen) atoms. The van der Waals surface area contributed by atoms with Gasteiger partial charge in [-0.2, -0.15) is 0 Å². The average molecular weight is 425 g/mol. The summed E-state index contributed by atoms with van der Waals surface area (Å²) >= 11 is 0. The first-order chi connectivity index (χ1) is 15.0. The van der Waals surface area contributed by atoms with Crippen LogP contribution in [0, 0.1) is 16.0 Å². The molecule has 2 aromatic carbocycles. The number of hydrogen-bond donors (Lipinski definition) is 2. The van der Waals surface area contributed by atoms with Gasteiger partial charge >= 0.3 is 0 Å². The van der Waals surface area contributed by atoms with E-state index in [-0.39, 0.29) is 23.7 Å². The minimum absolute atomic E-state index is 0.147. The number of nitro groups is 1. The van der Waals surface area contributed by atoms with E-state index in [0.29, 0.717) is 18.2 Å². The summed E-state index contributed by atoms with van der Waals surface area (Å²) < 4.78 is 0. The summed E-state index contributed by atoms with van der Waals surface area (Å²) in [6.45, 7) is 3.63. The van der Waals surface area contributed by atoms with E-state index in [1.807, 2.05) is 18.2 Å². The first-order valence-corrected chi connectivity index (χ1v) is 10.6. The second-order valence-electron chi connectivity index (χ2n) is 7.71. The Labute approximate surface area is 181 Å². The number of amides is 2. The van der Waals surface area contributed by atoms with Crippen LogP contribution in [0.3, 0.4) is 0 Å². The molecule has 0 aliphatic carbocycles. The van der Waals surface area contributed by atoms with Crippen molar-refractivity contribution >= 4 is 23.2 Å². The van der Waals surface area contributed by atoms with Gasteiger partial charge in [0.15, 0.2) is 0 Å². The number of benzene rings is 2. The summed E-state index contributed by atoms with van der Waals surface area (Å²) in [4.78, 5) is 37.3. The van der Waals surface area contributed by atoms with Gasteiger partial charge in [0, 0.05) is 31.8 Å². The summed E-state index contributed by atoms with van der Waals surface area (Å²) in [5.41, 5.74) is 2.06. The van der Waals surface area contributed by atoms with Gasteiger partial charge in [0.2, 0.25) is 5.91 Å². The zero-order valence-corrected chi connectivity index (χ0v) is 17.7. The highest BCUT2D eigenvalue weighted by Gasteiger charge is 2.25. The maximum absolute atomic E-state index is 12.8. The Morgan fingerprint density at radius 3 is 2.45 bits per heavy atom. The number of anilines is 1. The minimum atomic E-state index is -0.517. The quantitative estimate of drug-likeness (QED) is 0.501. The summed E-state index contributed by atoms with van der Waals surface area (Å²) in [5.74, 6) is -0.229. The lowest BCUT2D eigenvalue weighted by molar-refractivity contribution is -0.384. The van der Waals surface area contributed by atoms with Crippen molar-refractivity contribution < 1.29 is 14.5 Å². The molecule has 0 unspecified atom stereocenters. The molecular formula is C23H28N4O4. The van der Waals surface area contributed by atoms with Gasteiger partial charge in [-0.25, -0.2) is 0 Å². The van der Waals surface area contributed by atoms with Crippen LogP contribution in [0.5, 0.6) is 0 Å². The SMILES string of the molecule is CCNC(=O)CNC(=O)c1cc([N+](=O)[O-])ccc1N1CCC(Cc2ccccc2)CC1. The standard InChI is InChI=1S/C23H28N4O4/c1-2-24-22(28)16-25-23(29)20-15-19(27(30)31)8-9-21(20)26-12-10-18(11-13-26)14-17-6-4-3-5-7-17/h3-9,15,18H,2,10-14,16H2,1H3,(H,24,28)(H,25,29). The molecule has 2 aromatic rings. The van der Waals surface area contributed by atoms with E-state index in [1.54, 1.807) is 13.0 Å². The fourth-order valence-corrected chi connectivity index (χ4v) is 3.94. The number of nitro benzene ring substituents is 1. The molecule has 164 valence electrons. The Hall–Kier alpha value is -3.42. The Morgan fingerprint density at radius 2 is 1.81 bits per heavy atom. The molecule has 0 saturated carbocycles. The molecule has 0 aromatic heterocycles. The summed E-state index contributed by atoms with van der Waals surface area (Å²) in [5, 5.41) is 16.4. The van der Waals surface area contributed by atoms with E-state index >= 15 is 0 Å². The predicted molar refractivity (Wildman–Crippen MR) is 119 cm³/mol. The van der Waals surface area contributed by atoms with Crippen LogP contribution in [0.25, 0.3) is 0 Å². The number of piperidine rings is 1. The van der Waals surface area contributed by atoms with E-state index in [2.05, 4.69) is 27.7 Å². The molecule has 0 radical (unpaired) electrons. The third-order valence-electron chi connectivity index (χ3n) is 5.54. The molecule has 1 aliphatic heterocycles. The molecule has 1 heterocycles. The molecule has 1 saturated heterocycles. The Morgan fingerprint density at radius 1 is 1.10 bits per heavy atom. The number of nitrogens with one attached hydrogen (secondary N) is 2. The minimum Gasteiger partial charge on any atom is -0.371 e. The molecule has 2 amide bonds. The molecular weight excluding hydrogens is 396 g/mol. The van der Waals surface area contributed by atoms with Gasteiger partial charge < -0.3 is 15.5 Å². The second-order valence-corrected chi connectivity index (χ2v) is 7.71. The normalized spacial score (nSPS) is 14.2. The summed E-state index contributed by atoms with van der Waals surface area (Å²) in [6.07, 6.45) is 2.98. The Bertz CT molecular complexity index is 924. The molecule has 1 fully saturated rings. The zero-order valence-electron chi connectivity index (χ0n) is 17.7. The van der Waals surface area contributed by atoms with Crippen LogP contribution in [0.1, 0.15) is 35.7 Å². The summed E-state index contributed by atoms with van der Waals surface area (Å²) in [7, 11) is 0. The van der Waals surface area contributed by atoms with Crippen LogP contribution in [0.15, 0.2) is 48.5 Å². The van der Waals surface area contributed by atoms with Crippen molar-refractivity contribution in [3.05, 3.63) is 69.8 Å². The lowest BCUT2D eigenvalue weighted by Gasteiger charge is -2.34. The molecule has 8 nitrogen and oxygen atoms in total. The maximum Gasteiger partial charge on any atom is 0.270 e. The van der Waals surface area contributed by atoms with E-state index in [1.165, 1.54) is 17.7 Å². The number of rotatable bonds is 8.